The monoisotopic (exact) mass is 491 g/mol. The molecule has 1 aromatic carbocycles. The van der Waals surface area contributed by atoms with Gasteiger partial charge in [-0.25, -0.2) is 0 Å². The van der Waals surface area contributed by atoms with E-state index in [1.54, 1.807) is 16.8 Å². The molecule has 0 spiro atoms. The van der Waals surface area contributed by atoms with Crippen molar-refractivity contribution < 1.29 is 27.6 Å². The van der Waals surface area contributed by atoms with Gasteiger partial charge in [0.1, 0.15) is 17.8 Å². The number of nitrogens with one attached hydrogen (secondary N) is 1. The SMILES string of the molecule is CN(C(=O)C1=C(C=O)CCCN1CC(=O)N/C(N)=C/C=C(\N)c1ccc(C(F)(F)F)cc1)C1CC1. The van der Waals surface area contributed by atoms with Gasteiger partial charge in [-0.2, -0.15) is 13.2 Å². The van der Waals surface area contributed by atoms with Crippen LogP contribution in [0.3, 0.4) is 0 Å². The van der Waals surface area contributed by atoms with Crippen LogP contribution in [0.1, 0.15) is 36.8 Å². The van der Waals surface area contributed by atoms with Crippen molar-refractivity contribution in [3.63, 3.8) is 0 Å². The fourth-order valence-electron chi connectivity index (χ4n) is 3.78. The molecule has 1 aromatic rings. The Balaban J connectivity index is 1.65. The van der Waals surface area contributed by atoms with Gasteiger partial charge in [-0.05, 0) is 55.5 Å². The van der Waals surface area contributed by atoms with Crippen LogP contribution in [-0.2, 0) is 20.6 Å². The molecule has 0 bridgehead atoms. The van der Waals surface area contributed by atoms with Crippen molar-refractivity contribution >= 4 is 23.8 Å². The first-order valence-electron chi connectivity index (χ1n) is 11.1. The van der Waals surface area contributed by atoms with Crippen LogP contribution in [0.2, 0.25) is 0 Å². The van der Waals surface area contributed by atoms with Crippen LogP contribution in [0, 0.1) is 0 Å². The third-order valence-electron chi connectivity index (χ3n) is 5.86. The first-order chi connectivity index (χ1) is 16.5. The number of nitrogens with zero attached hydrogens (tertiary/aromatic N) is 2. The van der Waals surface area contributed by atoms with Crippen LogP contribution < -0.4 is 16.8 Å². The second-order valence-electron chi connectivity index (χ2n) is 8.53. The first-order valence-corrected chi connectivity index (χ1v) is 11.1. The largest absolute Gasteiger partial charge is 0.416 e. The molecule has 2 aliphatic rings. The van der Waals surface area contributed by atoms with Crippen molar-refractivity contribution in [2.75, 3.05) is 20.1 Å². The summed E-state index contributed by atoms with van der Waals surface area (Å²) in [4.78, 5) is 40.3. The molecule has 0 saturated heterocycles. The van der Waals surface area contributed by atoms with E-state index in [1.807, 2.05) is 0 Å². The average molecular weight is 492 g/mol. The van der Waals surface area contributed by atoms with E-state index in [9.17, 15) is 27.6 Å². The van der Waals surface area contributed by atoms with E-state index in [4.69, 9.17) is 11.5 Å². The lowest BCUT2D eigenvalue weighted by molar-refractivity contribution is -0.137. The van der Waals surface area contributed by atoms with Crippen molar-refractivity contribution in [2.24, 2.45) is 11.5 Å². The molecule has 3 rings (SSSR count). The molecular formula is C24H28F3N5O3. The van der Waals surface area contributed by atoms with Gasteiger partial charge in [0.25, 0.3) is 5.91 Å². The molecule has 0 atom stereocenters. The van der Waals surface area contributed by atoms with Gasteiger partial charge in [-0.1, -0.05) is 12.1 Å². The van der Waals surface area contributed by atoms with E-state index in [2.05, 4.69) is 5.32 Å². The number of allylic oxidation sites excluding steroid dienone is 3. The van der Waals surface area contributed by atoms with E-state index >= 15 is 0 Å². The minimum Gasteiger partial charge on any atom is -0.398 e. The maximum atomic E-state index is 13.0. The zero-order valence-electron chi connectivity index (χ0n) is 19.3. The Morgan fingerprint density at radius 1 is 1.17 bits per heavy atom. The van der Waals surface area contributed by atoms with E-state index in [-0.39, 0.29) is 35.7 Å². The summed E-state index contributed by atoms with van der Waals surface area (Å²) < 4.78 is 38.1. The van der Waals surface area contributed by atoms with Crippen molar-refractivity contribution in [3.8, 4) is 0 Å². The minimum atomic E-state index is -4.44. The molecule has 1 aliphatic carbocycles. The van der Waals surface area contributed by atoms with Gasteiger partial charge in [0.15, 0.2) is 0 Å². The van der Waals surface area contributed by atoms with Crippen molar-refractivity contribution in [3.05, 3.63) is 64.6 Å². The molecule has 0 aromatic heterocycles. The Hall–Kier alpha value is -3.76. The lowest BCUT2D eigenvalue weighted by Gasteiger charge is -2.33. The smallest absolute Gasteiger partial charge is 0.398 e. The fraction of sp³-hybridized carbons (Fsp3) is 0.375. The highest BCUT2D eigenvalue weighted by Gasteiger charge is 2.35. The van der Waals surface area contributed by atoms with Crippen LogP contribution in [0.25, 0.3) is 5.70 Å². The van der Waals surface area contributed by atoms with E-state index in [1.165, 1.54) is 24.3 Å². The highest BCUT2D eigenvalue weighted by molar-refractivity contribution is 5.99. The molecule has 1 heterocycles. The van der Waals surface area contributed by atoms with Gasteiger partial charge < -0.3 is 26.6 Å². The van der Waals surface area contributed by atoms with Crippen molar-refractivity contribution in [2.45, 2.75) is 37.9 Å². The summed E-state index contributed by atoms with van der Waals surface area (Å²) in [6.45, 7) is 0.262. The minimum absolute atomic E-state index is 0.0376. The predicted molar refractivity (Wildman–Crippen MR) is 124 cm³/mol. The Bertz CT molecular complexity index is 1070. The Morgan fingerprint density at radius 3 is 2.40 bits per heavy atom. The zero-order valence-corrected chi connectivity index (χ0v) is 19.3. The molecular weight excluding hydrogens is 463 g/mol. The molecule has 35 heavy (non-hydrogen) atoms. The number of hydrogen-bond donors (Lipinski definition) is 3. The summed E-state index contributed by atoms with van der Waals surface area (Å²) >= 11 is 0. The summed E-state index contributed by atoms with van der Waals surface area (Å²) in [7, 11) is 1.69. The number of carbonyl (C=O) groups excluding carboxylic acids is 3. The quantitative estimate of drug-likeness (QED) is 0.378. The number of rotatable bonds is 8. The summed E-state index contributed by atoms with van der Waals surface area (Å²) in [6.07, 6.45) is 1.83. The number of amides is 2. The molecule has 1 fully saturated rings. The Morgan fingerprint density at radius 2 is 1.83 bits per heavy atom. The van der Waals surface area contributed by atoms with Crippen LogP contribution in [0.5, 0.6) is 0 Å². The molecule has 2 amide bonds. The standard InChI is InChI=1S/C24H28F3N5O3/c1-31(18-8-9-18)23(35)22-16(14-33)3-2-12-32(22)13-21(34)30-20(29)11-10-19(28)15-4-6-17(7-5-15)24(25,26)27/h4-7,10-11,14,18H,2-3,8-9,12-13,28-29H2,1H3,(H,30,34)/b19-10-,20-11+. The molecule has 0 unspecified atom stereocenters. The van der Waals surface area contributed by atoms with Crippen LogP contribution in [-0.4, -0.2) is 54.1 Å². The highest BCUT2D eigenvalue weighted by atomic mass is 19.4. The molecule has 1 saturated carbocycles. The second-order valence-corrected chi connectivity index (χ2v) is 8.53. The third kappa shape index (κ3) is 6.65. The lowest BCUT2D eigenvalue weighted by atomic mass is 10.0. The number of alkyl halides is 3. The van der Waals surface area contributed by atoms with E-state index in [0.29, 0.717) is 36.8 Å². The van der Waals surface area contributed by atoms with Crippen LogP contribution >= 0.6 is 0 Å². The summed E-state index contributed by atoms with van der Waals surface area (Å²) in [5, 5.41) is 2.49. The molecule has 11 heteroatoms. The third-order valence-corrected chi connectivity index (χ3v) is 5.86. The van der Waals surface area contributed by atoms with Gasteiger partial charge in [-0.15, -0.1) is 0 Å². The van der Waals surface area contributed by atoms with Gasteiger partial charge in [-0.3, -0.25) is 14.4 Å². The number of carbonyl (C=O) groups is 3. The number of nitrogens with two attached hydrogens (primary N) is 2. The van der Waals surface area contributed by atoms with Crippen molar-refractivity contribution in [1.29, 1.82) is 0 Å². The molecule has 188 valence electrons. The van der Waals surface area contributed by atoms with Crippen molar-refractivity contribution in [1.82, 2.24) is 15.1 Å². The lowest BCUT2D eigenvalue weighted by Crippen LogP contribution is -2.45. The maximum absolute atomic E-state index is 13.0. The Labute approximate surface area is 201 Å². The molecule has 5 N–H and O–H groups in total. The Kier molecular flexibility index (Phi) is 7.88. The topological polar surface area (TPSA) is 122 Å². The van der Waals surface area contributed by atoms with Gasteiger partial charge >= 0.3 is 6.18 Å². The van der Waals surface area contributed by atoms with Crippen LogP contribution in [0.15, 0.2) is 53.5 Å². The zero-order chi connectivity index (χ0) is 25.8. The predicted octanol–water partition coefficient (Wildman–Crippen LogP) is 2.09. The van der Waals surface area contributed by atoms with Gasteiger partial charge in [0.2, 0.25) is 5.91 Å². The van der Waals surface area contributed by atoms with E-state index in [0.717, 1.165) is 25.0 Å². The summed E-state index contributed by atoms with van der Waals surface area (Å²) in [6, 6.07) is 4.47. The summed E-state index contributed by atoms with van der Waals surface area (Å²) in [5.74, 6) is -0.811. The molecule has 1 aliphatic heterocycles. The van der Waals surface area contributed by atoms with Gasteiger partial charge in [0, 0.05) is 30.9 Å². The number of benzene rings is 1. The highest BCUT2D eigenvalue weighted by Crippen LogP contribution is 2.30. The van der Waals surface area contributed by atoms with Gasteiger partial charge in [0.05, 0.1) is 12.1 Å². The number of aldehydes is 1. The maximum Gasteiger partial charge on any atom is 0.416 e. The average Bonchev–Trinajstić information content (AvgIpc) is 3.66. The normalized spacial score (nSPS) is 17.3. The fourth-order valence-corrected chi connectivity index (χ4v) is 3.78. The number of likely N-dealkylation sites (N-methyl/N-ethyl adjacent to an activating group) is 1. The molecule has 8 nitrogen and oxygen atoms in total. The first kappa shape index (κ1) is 25.9. The van der Waals surface area contributed by atoms with E-state index < -0.39 is 17.6 Å². The molecule has 0 radical (unpaired) electrons. The number of halogens is 3. The van der Waals surface area contributed by atoms with Crippen LogP contribution in [0.4, 0.5) is 13.2 Å². The summed E-state index contributed by atoms with van der Waals surface area (Å²) in [5.41, 5.74) is 12.1. The number of hydrogen-bond acceptors (Lipinski definition) is 6. The second kappa shape index (κ2) is 10.7.